The van der Waals surface area contributed by atoms with E-state index in [-0.39, 0.29) is 11.8 Å². The van der Waals surface area contributed by atoms with Crippen LogP contribution in [0.1, 0.15) is 34.7 Å². The van der Waals surface area contributed by atoms with Gasteiger partial charge < -0.3 is 5.32 Å². The minimum absolute atomic E-state index is 0.0268. The highest BCUT2D eigenvalue weighted by molar-refractivity contribution is 5.95. The van der Waals surface area contributed by atoms with E-state index in [1.807, 2.05) is 25.1 Å². The van der Waals surface area contributed by atoms with Gasteiger partial charge in [-0.2, -0.15) is 14.3 Å². The van der Waals surface area contributed by atoms with Crippen LogP contribution in [0, 0.1) is 13.8 Å². The van der Waals surface area contributed by atoms with Gasteiger partial charge in [-0.25, -0.2) is 0 Å². The molecule has 4 aromatic rings. The maximum absolute atomic E-state index is 12.5. The SMILES string of the molecule is Cc1cccc([C@@H]2CC(=O)Nc3c2c(C)nn3-c2ccc3nncn3n2)c1. The van der Waals surface area contributed by atoms with E-state index in [2.05, 4.69) is 50.8 Å². The second-order valence-corrected chi connectivity index (χ2v) is 6.80. The van der Waals surface area contributed by atoms with Crippen LogP contribution in [0.5, 0.6) is 0 Å². The van der Waals surface area contributed by atoms with Gasteiger partial charge >= 0.3 is 0 Å². The summed E-state index contributed by atoms with van der Waals surface area (Å²) >= 11 is 0. The van der Waals surface area contributed by atoms with E-state index in [9.17, 15) is 4.79 Å². The highest BCUT2D eigenvalue weighted by Crippen LogP contribution is 2.40. The number of hydrogen-bond acceptors (Lipinski definition) is 5. The topological polar surface area (TPSA) is 90.0 Å². The van der Waals surface area contributed by atoms with E-state index in [4.69, 9.17) is 0 Å². The number of benzene rings is 1. The lowest BCUT2D eigenvalue weighted by molar-refractivity contribution is -0.116. The Hall–Kier alpha value is -3.55. The maximum atomic E-state index is 12.5. The third kappa shape index (κ3) is 2.49. The van der Waals surface area contributed by atoms with Crippen molar-refractivity contribution in [1.82, 2.24) is 29.6 Å². The number of nitrogens with one attached hydrogen (secondary N) is 1. The molecule has 1 amide bonds. The van der Waals surface area contributed by atoms with Crippen molar-refractivity contribution in [2.24, 2.45) is 0 Å². The van der Waals surface area contributed by atoms with Crippen molar-refractivity contribution in [3.63, 3.8) is 0 Å². The Morgan fingerprint density at radius 1 is 1.15 bits per heavy atom. The standard InChI is InChI=1S/C19H17N7O/c1-11-4-3-5-13(8-11)14-9-17(27)21-19-18(14)12(2)23-26(19)16-7-6-15-22-20-10-25(15)24-16/h3-8,10,14H,9H2,1-2H3,(H,21,27)/t14-/m0/s1. The highest BCUT2D eigenvalue weighted by atomic mass is 16.1. The molecule has 1 N–H and O–H groups in total. The summed E-state index contributed by atoms with van der Waals surface area (Å²) in [6.07, 6.45) is 1.94. The fraction of sp³-hybridized carbons (Fsp3) is 0.211. The van der Waals surface area contributed by atoms with Gasteiger partial charge in [0.15, 0.2) is 11.5 Å². The molecule has 8 nitrogen and oxygen atoms in total. The molecule has 5 rings (SSSR count). The zero-order valence-electron chi connectivity index (χ0n) is 14.9. The van der Waals surface area contributed by atoms with Gasteiger partial charge in [-0.3, -0.25) is 4.79 Å². The predicted octanol–water partition coefficient (Wildman–Crippen LogP) is 2.40. The number of aromatic nitrogens is 6. The van der Waals surface area contributed by atoms with E-state index < -0.39 is 0 Å². The summed E-state index contributed by atoms with van der Waals surface area (Å²) in [6.45, 7) is 4.02. The van der Waals surface area contributed by atoms with Gasteiger partial charge in [-0.15, -0.1) is 15.3 Å². The largest absolute Gasteiger partial charge is 0.310 e. The average Bonchev–Trinajstić information content (AvgIpc) is 3.25. The van der Waals surface area contributed by atoms with Gasteiger partial charge in [-0.1, -0.05) is 29.8 Å². The lowest BCUT2D eigenvalue weighted by Gasteiger charge is -2.24. The number of fused-ring (bicyclic) bond motifs is 2. The third-order valence-electron chi connectivity index (χ3n) is 4.91. The number of hydrogen-bond donors (Lipinski definition) is 1. The predicted molar refractivity (Wildman–Crippen MR) is 98.9 cm³/mol. The number of carbonyl (C=O) groups excluding carboxylic acids is 1. The van der Waals surface area contributed by atoms with Crippen LogP contribution in [0.25, 0.3) is 11.5 Å². The molecule has 4 heterocycles. The van der Waals surface area contributed by atoms with E-state index >= 15 is 0 Å². The zero-order chi connectivity index (χ0) is 18.5. The van der Waals surface area contributed by atoms with Gasteiger partial charge in [0.1, 0.15) is 12.1 Å². The van der Waals surface area contributed by atoms with Gasteiger partial charge in [-0.05, 0) is 31.5 Å². The first kappa shape index (κ1) is 15.7. The van der Waals surface area contributed by atoms with E-state index in [1.54, 1.807) is 9.20 Å². The minimum atomic E-state index is -0.0273. The summed E-state index contributed by atoms with van der Waals surface area (Å²) in [7, 11) is 0. The number of nitrogens with zero attached hydrogens (tertiary/aromatic N) is 6. The van der Waals surface area contributed by atoms with Crippen molar-refractivity contribution >= 4 is 17.4 Å². The monoisotopic (exact) mass is 359 g/mol. The molecule has 0 spiro atoms. The van der Waals surface area contributed by atoms with E-state index in [1.165, 1.54) is 11.9 Å². The Bertz CT molecular complexity index is 1190. The molecule has 0 bridgehead atoms. The molecule has 0 unspecified atom stereocenters. The molecular formula is C19H17N7O. The average molecular weight is 359 g/mol. The molecule has 3 aromatic heterocycles. The fourth-order valence-electron chi connectivity index (χ4n) is 3.72. The molecule has 1 aliphatic rings. The van der Waals surface area contributed by atoms with Gasteiger partial charge in [0.2, 0.25) is 5.91 Å². The molecule has 0 radical (unpaired) electrons. The first-order chi connectivity index (χ1) is 13.1. The molecule has 8 heteroatoms. The molecule has 0 saturated heterocycles. The number of amides is 1. The number of anilines is 1. The molecule has 134 valence electrons. The first-order valence-corrected chi connectivity index (χ1v) is 8.73. The minimum Gasteiger partial charge on any atom is -0.310 e. The lowest BCUT2D eigenvalue weighted by atomic mass is 9.85. The van der Waals surface area contributed by atoms with Gasteiger partial charge in [0.05, 0.1) is 5.69 Å². The third-order valence-corrected chi connectivity index (χ3v) is 4.91. The molecule has 1 aromatic carbocycles. The quantitative estimate of drug-likeness (QED) is 0.593. The Kier molecular flexibility index (Phi) is 3.33. The lowest BCUT2D eigenvalue weighted by Crippen LogP contribution is -2.25. The smallest absolute Gasteiger partial charge is 0.226 e. The number of rotatable bonds is 2. The second-order valence-electron chi connectivity index (χ2n) is 6.80. The Labute approximate surface area is 154 Å². The van der Waals surface area contributed by atoms with Gasteiger partial charge in [0.25, 0.3) is 0 Å². The van der Waals surface area contributed by atoms with Crippen LogP contribution >= 0.6 is 0 Å². The van der Waals surface area contributed by atoms with Crippen molar-refractivity contribution in [2.45, 2.75) is 26.2 Å². The summed E-state index contributed by atoms with van der Waals surface area (Å²) in [4.78, 5) is 12.5. The summed E-state index contributed by atoms with van der Waals surface area (Å²) in [5, 5.41) is 20.0. The zero-order valence-corrected chi connectivity index (χ0v) is 14.9. The van der Waals surface area contributed by atoms with Crippen LogP contribution < -0.4 is 5.32 Å². The van der Waals surface area contributed by atoms with Crippen LogP contribution in [0.15, 0.2) is 42.7 Å². The van der Waals surface area contributed by atoms with Crippen molar-refractivity contribution in [2.75, 3.05) is 5.32 Å². The van der Waals surface area contributed by atoms with Gasteiger partial charge in [0, 0.05) is 17.9 Å². The molecular weight excluding hydrogens is 342 g/mol. The first-order valence-electron chi connectivity index (χ1n) is 8.73. The molecule has 27 heavy (non-hydrogen) atoms. The highest BCUT2D eigenvalue weighted by Gasteiger charge is 2.33. The van der Waals surface area contributed by atoms with Crippen LogP contribution in [0.2, 0.25) is 0 Å². The van der Waals surface area contributed by atoms with Crippen LogP contribution in [-0.2, 0) is 4.79 Å². The molecule has 1 atom stereocenters. The van der Waals surface area contributed by atoms with Crippen LogP contribution in [-0.4, -0.2) is 35.5 Å². The molecule has 0 saturated carbocycles. The fourth-order valence-corrected chi connectivity index (χ4v) is 3.72. The Morgan fingerprint density at radius 3 is 2.89 bits per heavy atom. The van der Waals surface area contributed by atoms with Crippen LogP contribution in [0.3, 0.4) is 0 Å². The van der Waals surface area contributed by atoms with Crippen molar-refractivity contribution in [3.05, 3.63) is 65.1 Å². The van der Waals surface area contributed by atoms with Crippen LogP contribution in [0.4, 0.5) is 5.82 Å². The summed E-state index contributed by atoms with van der Waals surface area (Å²) in [5.74, 6) is 1.22. The van der Waals surface area contributed by atoms with Crippen molar-refractivity contribution < 1.29 is 4.79 Å². The summed E-state index contributed by atoms with van der Waals surface area (Å²) in [5.41, 5.74) is 4.85. The molecule has 0 aliphatic carbocycles. The Morgan fingerprint density at radius 2 is 2.04 bits per heavy atom. The maximum Gasteiger partial charge on any atom is 0.226 e. The summed E-state index contributed by atoms with van der Waals surface area (Å²) in [6, 6.07) is 11.9. The molecule has 0 fully saturated rings. The second kappa shape index (κ2) is 5.73. The number of aryl methyl sites for hydroxylation is 2. The van der Waals surface area contributed by atoms with Crippen molar-refractivity contribution in [3.8, 4) is 5.82 Å². The Balaban J connectivity index is 1.68. The van der Waals surface area contributed by atoms with Crippen molar-refractivity contribution in [1.29, 1.82) is 0 Å². The van der Waals surface area contributed by atoms with E-state index in [0.29, 0.717) is 23.7 Å². The molecule has 1 aliphatic heterocycles. The summed E-state index contributed by atoms with van der Waals surface area (Å²) < 4.78 is 3.27. The number of carbonyl (C=O) groups is 1. The van der Waals surface area contributed by atoms with E-state index in [0.717, 1.165) is 16.8 Å². The normalized spacial score (nSPS) is 16.4.